The van der Waals surface area contributed by atoms with E-state index < -0.39 is 36.5 Å². The lowest BCUT2D eigenvalue weighted by Crippen LogP contribution is -2.64. The lowest BCUT2D eigenvalue weighted by atomic mass is 9.89. The van der Waals surface area contributed by atoms with Crippen LogP contribution in [0, 0.1) is 5.41 Å². The Bertz CT molecular complexity index is 1090. The zero-order chi connectivity index (χ0) is 29.8. The van der Waals surface area contributed by atoms with Gasteiger partial charge in [-0.3, -0.25) is 9.59 Å². The summed E-state index contributed by atoms with van der Waals surface area (Å²) in [5, 5.41) is 29.7. The van der Waals surface area contributed by atoms with E-state index in [0.29, 0.717) is 28.8 Å². The molecule has 12 heteroatoms. The van der Waals surface area contributed by atoms with Crippen LogP contribution in [0.3, 0.4) is 0 Å². The number of nitrogens with one attached hydrogen (secondary N) is 4. The zero-order valence-corrected chi connectivity index (χ0v) is 25.0. The van der Waals surface area contributed by atoms with Gasteiger partial charge in [0, 0.05) is 6.42 Å². The van der Waals surface area contributed by atoms with Crippen molar-refractivity contribution < 1.29 is 24.5 Å². The summed E-state index contributed by atoms with van der Waals surface area (Å²) in [5.74, 6) is -0.274. The maximum atomic E-state index is 12.5. The first-order valence-electron chi connectivity index (χ1n) is 15.0. The smallest absolute Gasteiger partial charge is 0.239 e. The molecule has 230 valence electrons. The van der Waals surface area contributed by atoms with E-state index in [2.05, 4.69) is 56.7 Å². The molecule has 0 aliphatic carbocycles. The topological polar surface area (TPSA) is 174 Å². The molecule has 0 aromatic carbocycles. The van der Waals surface area contributed by atoms with Crippen LogP contribution in [0.4, 0.5) is 5.82 Å². The molecule has 0 saturated carbocycles. The zero-order valence-electron chi connectivity index (χ0n) is 25.0. The number of fused-ring (bicyclic) bond motifs is 1. The number of amides is 2. The Morgan fingerprint density at radius 1 is 0.927 bits per heavy atom. The number of hydrogen-bond donors (Lipinski definition) is 6. The van der Waals surface area contributed by atoms with Crippen LogP contribution < -0.4 is 16.0 Å². The molecule has 2 aromatic heterocycles. The van der Waals surface area contributed by atoms with Gasteiger partial charge in [-0.1, -0.05) is 72.1 Å². The Labute approximate surface area is 242 Å². The van der Waals surface area contributed by atoms with Gasteiger partial charge in [0.25, 0.3) is 0 Å². The van der Waals surface area contributed by atoms with Gasteiger partial charge in [-0.2, -0.15) is 0 Å². The van der Waals surface area contributed by atoms with Crippen molar-refractivity contribution in [2.75, 3.05) is 11.9 Å². The van der Waals surface area contributed by atoms with Gasteiger partial charge in [-0.05, 0) is 25.2 Å². The number of carbonyl (C=O) groups is 2. The minimum absolute atomic E-state index is 0.174. The lowest BCUT2D eigenvalue weighted by molar-refractivity contribution is -0.172. The third kappa shape index (κ3) is 10.8. The van der Waals surface area contributed by atoms with Crippen molar-refractivity contribution in [2.24, 2.45) is 5.41 Å². The van der Waals surface area contributed by atoms with Crippen LogP contribution in [0.5, 0.6) is 0 Å². The Hall–Kier alpha value is -2.83. The Balaban J connectivity index is 1.27. The van der Waals surface area contributed by atoms with Crippen LogP contribution in [0.25, 0.3) is 11.2 Å². The van der Waals surface area contributed by atoms with Gasteiger partial charge in [0.1, 0.15) is 24.1 Å². The van der Waals surface area contributed by atoms with Crippen LogP contribution in [-0.4, -0.2) is 79.1 Å². The molecule has 1 aliphatic heterocycles. The molecule has 6 N–H and O–H groups in total. The third-order valence-corrected chi connectivity index (χ3v) is 7.50. The first-order chi connectivity index (χ1) is 19.5. The molecule has 2 amide bonds. The number of unbranched alkanes of at least 4 members (excludes halogenated alkanes) is 8. The van der Waals surface area contributed by atoms with Crippen molar-refractivity contribution in [3.8, 4) is 0 Å². The average molecular weight is 576 g/mol. The second-order valence-corrected chi connectivity index (χ2v) is 12.3. The van der Waals surface area contributed by atoms with Crippen molar-refractivity contribution in [1.29, 1.82) is 0 Å². The van der Waals surface area contributed by atoms with Crippen molar-refractivity contribution in [3.63, 3.8) is 0 Å². The maximum Gasteiger partial charge on any atom is 0.239 e. The van der Waals surface area contributed by atoms with Crippen LogP contribution in [0.15, 0.2) is 12.7 Å². The summed E-state index contributed by atoms with van der Waals surface area (Å²) in [7, 11) is 0. The molecule has 12 nitrogen and oxygen atoms in total. The number of nitrogens with zero attached hydrogens (tertiary/aromatic N) is 3. The minimum atomic E-state index is -1.35. The molecule has 3 heterocycles. The molecule has 0 radical (unpaired) electrons. The molecule has 1 fully saturated rings. The molecular weight excluding hydrogens is 526 g/mol. The number of hydrogen-bond acceptors (Lipinski definition) is 9. The molecule has 5 unspecified atom stereocenters. The first kappa shape index (κ1) is 32.7. The number of ether oxygens (including phenoxy) is 1. The van der Waals surface area contributed by atoms with Crippen molar-refractivity contribution in [2.45, 2.75) is 129 Å². The van der Waals surface area contributed by atoms with E-state index in [9.17, 15) is 19.8 Å². The summed E-state index contributed by atoms with van der Waals surface area (Å²) in [5.41, 5.74) is 1.41. The fraction of sp³-hybridized carbons (Fsp3) is 0.759. The van der Waals surface area contributed by atoms with E-state index in [4.69, 9.17) is 4.74 Å². The lowest BCUT2D eigenvalue weighted by Gasteiger charge is -2.42. The number of aromatic amines is 1. The average Bonchev–Trinajstić information content (AvgIpc) is 3.41. The predicted molar refractivity (Wildman–Crippen MR) is 157 cm³/mol. The van der Waals surface area contributed by atoms with E-state index in [1.807, 2.05) is 0 Å². The molecule has 0 bridgehead atoms. The third-order valence-electron chi connectivity index (χ3n) is 7.50. The molecule has 41 heavy (non-hydrogen) atoms. The van der Waals surface area contributed by atoms with Gasteiger partial charge >= 0.3 is 0 Å². The molecule has 3 rings (SSSR count). The number of aromatic nitrogens is 4. The highest BCUT2D eigenvalue weighted by Gasteiger charge is 2.43. The number of imidazole rings is 1. The number of rotatable bonds is 16. The van der Waals surface area contributed by atoms with Gasteiger partial charge in [0.2, 0.25) is 11.8 Å². The maximum absolute atomic E-state index is 12.5. The SMILES string of the molecule is CC1OC(Nc2ncnc3nc[nH]c23)C(O)C(O)C1NC(=O)CNC(=O)CCCCCCCCCCCC(C)(C)C. The summed E-state index contributed by atoms with van der Waals surface area (Å²) < 4.78 is 5.85. The van der Waals surface area contributed by atoms with Crippen molar-refractivity contribution in [3.05, 3.63) is 12.7 Å². The van der Waals surface area contributed by atoms with E-state index in [0.717, 1.165) is 19.3 Å². The second kappa shape index (κ2) is 16.0. The van der Waals surface area contributed by atoms with Gasteiger partial charge in [-0.15, -0.1) is 0 Å². The fourth-order valence-corrected chi connectivity index (χ4v) is 5.08. The molecule has 1 aliphatic rings. The van der Waals surface area contributed by atoms with E-state index >= 15 is 0 Å². The monoisotopic (exact) mass is 575 g/mol. The molecule has 5 atom stereocenters. The van der Waals surface area contributed by atoms with E-state index in [1.165, 1.54) is 57.6 Å². The summed E-state index contributed by atoms with van der Waals surface area (Å²) in [6.45, 7) is 8.36. The molecule has 2 aromatic rings. The number of carbonyl (C=O) groups excluding carboxylic acids is 2. The number of H-pyrrole nitrogens is 1. The van der Waals surface area contributed by atoms with Gasteiger partial charge in [0.15, 0.2) is 17.7 Å². The highest BCUT2D eigenvalue weighted by molar-refractivity contribution is 5.85. The number of aliphatic hydroxyl groups is 2. The van der Waals surface area contributed by atoms with Crippen LogP contribution in [0.1, 0.15) is 98.3 Å². The Morgan fingerprint density at radius 3 is 2.27 bits per heavy atom. The second-order valence-electron chi connectivity index (χ2n) is 12.3. The minimum Gasteiger partial charge on any atom is -0.388 e. The van der Waals surface area contributed by atoms with Crippen molar-refractivity contribution in [1.82, 2.24) is 30.6 Å². The molecular formula is C29H49N7O5. The van der Waals surface area contributed by atoms with E-state index in [1.54, 1.807) is 6.92 Å². The quantitative estimate of drug-likeness (QED) is 0.164. The first-order valence-corrected chi connectivity index (χ1v) is 15.0. The fourth-order valence-electron chi connectivity index (χ4n) is 5.08. The summed E-state index contributed by atoms with van der Waals surface area (Å²) in [6.07, 6.45) is 10.8. The van der Waals surface area contributed by atoms with Crippen LogP contribution in [0.2, 0.25) is 0 Å². The highest BCUT2D eigenvalue weighted by Crippen LogP contribution is 2.25. The highest BCUT2D eigenvalue weighted by atomic mass is 16.5. The summed E-state index contributed by atoms with van der Waals surface area (Å²) in [6, 6.07) is -0.858. The molecule has 1 saturated heterocycles. The normalized spacial score (nSPS) is 22.9. The Morgan fingerprint density at radius 2 is 1.59 bits per heavy atom. The van der Waals surface area contributed by atoms with Gasteiger partial charge in [0.05, 0.1) is 25.0 Å². The Kier molecular flexibility index (Phi) is 12.7. The predicted octanol–water partition coefficient (Wildman–Crippen LogP) is 3.17. The van der Waals surface area contributed by atoms with Crippen molar-refractivity contribution >= 4 is 28.8 Å². The number of anilines is 1. The van der Waals surface area contributed by atoms with Gasteiger partial charge in [-0.25, -0.2) is 15.0 Å². The largest absolute Gasteiger partial charge is 0.388 e. The van der Waals surface area contributed by atoms with Crippen LogP contribution in [-0.2, 0) is 14.3 Å². The summed E-state index contributed by atoms with van der Waals surface area (Å²) >= 11 is 0. The van der Waals surface area contributed by atoms with Gasteiger partial charge < -0.3 is 35.9 Å². The van der Waals surface area contributed by atoms with Crippen LogP contribution >= 0.6 is 0 Å². The standard InChI is InChI=1S/C29H49N7O5/c1-19-22(24(39)25(40)28(41-19)36-27-23-26(32-17-31-23)33-18-34-27)35-21(38)16-30-20(37)14-12-10-8-6-5-7-9-11-13-15-29(2,3)4/h17-19,22,24-25,28,39-40H,5-16H2,1-4H3,(H,30,37)(H,35,38)(H2,31,32,33,34,36). The van der Waals surface area contributed by atoms with E-state index in [-0.39, 0.29) is 12.5 Å². The molecule has 0 spiro atoms. The number of aliphatic hydroxyl groups excluding tert-OH is 2. The summed E-state index contributed by atoms with van der Waals surface area (Å²) in [4.78, 5) is 39.8.